The van der Waals surface area contributed by atoms with Crippen LogP contribution in [0.15, 0.2) is 40.8 Å². The van der Waals surface area contributed by atoms with Gasteiger partial charge < -0.3 is 19.0 Å². The van der Waals surface area contributed by atoms with Crippen LogP contribution in [0.25, 0.3) is 22.6 Å². The number of aromatic nitrogens is 1. The maximum absolute atomic E-state index is 14.9. The van der Waals surface area contributed by atoms with E-state index in [9.17, 15) is 14.0 Å². The van der Waals surface area contributed by atoms with E-state index < -0.39 is 5.82 Å². The fraction of sp³-hybridized carbons (Fsp3) is 0.375. The average molecular weight is 437 g/mol. The fourth-order valence-electron chi connectivity index (χ4n) is 4.25. The smallest absolute Gasteiger partial charge is 0.256 e. The zero-order valence-corrected chi connectivity index (χ0v) is 17.8. The second kappa shape index (κ2) is 8.35. The van der Waals surface area contributed by atoms with Crippen LogP contribution in [0.4, 0.5) is 4.39 Å². The quantitative estimate of drug-likeness (QED) is 0.628. The van der Waals surface area contributed by atoms with E-state index in [2.05, 4.69) is 4.98 Å². The zero-order valence-electron chi connectivity index (χ0n) is 17.8. The fourth-order valence-corrected chi connectivity index (χ4v) is 4.25. The van der Waals surface area contributed by atoms with E-state index in [-0.39, 0.29) is 23.5 Å². The molecular formula is C24H24FN3O4. The molecule has 2 fully saturated rings. The highest BCUT2D eigenvalue weighted by atomic mass is 19.1. The van der Waals surface area contributed by atoms with E-state index in [1.165, 1.54) is 12.1 Å². The molecule has 0 unspecified atom stereocenters. The molecule has 2 amide bonds. The van der Waals surface area contributed by atoms with Gasteiger partial charge in [-0.15, -0.1) is 0 Å². The van der Waals surface area contributed by atoms with E-state index >= 15 is 0 Å². The molecule has 8 heteroatoms. The number of hydrogen-bond donors (Lipinski definition) is 0. The van der Waals surface area contributed by atoms with Crippen LogP contribution in [0.3, 0.4) is 0 Å². The van der Waals surface area contributed by atoms with E-state index in [0.717, 1.165) is 18.4 Å². The highest BCUT2D eigenvalue weighted by Crippen LogP contribution is 2.27. The maximum Gasteiger partial charge on any atom is 0.256 e. The summed E-state index contributed by atoms with van der Waals surface area (Å²) in [5, 5.41) is 0. The summed E-state index contributed by atoms with van der Waals surface area (Å²) in [5.41, 5.74) is 2.85. The normalized spacial score (nSPS) is 19.0. The number of benzene rings is 2. The number of hydrogen-bond acceptors (Lipinski definition) is 5. The van der Waals surface area contributed by atoms with Gasteiger partial charge in [0.05, 0.1) is 5.56 Å². The van der Waals surface area contributed by atoms with Gasteiger partial charge in [-0.1, -0.05) is 6.07 Å². The first-order chi connectivity index (χ1) is 15.5. The monoisotopic (exact) mass is 437 g/mol. The molecule has 2 saturated heterocycles. The van der Waals surface area contributed by atoms with Gasteiger partial charge >= 0.3 is 0 Å². The molecule has 166 valence electrons. The molecule has 32 heavy (non-hydrogen) atoms. The number of rotatable bonds is 3. The highest BCUT2D eigenvalue weighted by molar-refractivity contribution is 5.95. The Labute approximate surface area is 184 Å². The molecule has 2 aliphatic rings. The largest absolute Gasteiger partial charge is 0.436 e. The van der Waals surface area contributed by atoms with Crippen LogP contribution in [0.5, 0.6) is 0 Å². The molecule has 0 radical (unpaired) electrons. The molecule has 3 heterocycles. The molecule has 1 aromatic heterocycles. The van der Waals surface area contributed by atoms with Crippen LogP contribution in [0.1, 0.15) is 28.8 Å². The molecule has 5 rings (SSSR count). The summed E-state index contributed by atoms with van der Waals surface area (Å²) in [4.78, 5) is 33.1. The molecule has 3 aromatic rings. The lowest BCUT2D eigenvalue weighted by molar-refractivity contribution is -0.142. The molecule has 0 spiro atoms. The first-order valence-corrected chi connectivity index (χ1v) is 10.9. The first kappa shape index (κ1) is 20.6. The van der Waals surface area contributed by atoms with Crippen molar-refractivity contribution >= 4 is 22.9 Å². The molecule has 7 nitrogen and oxygen atoms in total. The van der Waals surface area contributed by atoms with Crippen LogP contribution in [-0.2, 0) is 9.53 Å². The van der Waals surface area contributed by atoms with Gasteiger partial charge in [-0.2, -0.15) is 0 Å². The molecular weight excluding hydrogens is 413 g/mol. The topological polar surface area (TPSA) is 75.9 Å². The van der Waals surface area contributed by atoms with Crippen LogP contribution in [-0.4, -0.2) is 65.5 Å². The Morgan fingerprint density at radius 3 is 2.56 bits per heavy atom. The third kappa shape index (κ3) is 3.86. The van der Waals surface area contributed by atoms with Gasteiger partial charge in [0.1, 0.15) is 17.4 Å². The number of fused-ring (bicyclic) bond motifs is 1. The molecule has 2 aromatic carbocycles. The minimum absolute atomic E-state index is 0.000363. The standard InChI is InChI=1S/C24H24FN3O4/c1-15-4-7-19-21(13-15)32-22(26-19)16-5-6-17(18(25)14-16)23(29)27-8-10-28(11-9-27)24(30)20-3-2-12-31-20/h4-7,13-14,20H,2-3,8-12H2,1H3/t20-/m1/s1. The SMILES string of the molecule is Cc1ccc2nc(-c3ccc(C(=O)N4CCN(C(=O)[C@H]5CCCO5)CC4)c(F)c3)oc2c1. The molecule has 0 N–H and O–H groups in total. The third-order valence-corrected chi connectivity index (χ3v) is 6.07. The number of carbonyl (C=O) groups excluding carboxylic acids is 2. The Morgan fingerprint density at radius 2 is 1.84 bits per heavy atom. The Balaban J connectivity index is 1.27. The van der Waals surface area contributed by atoms with Crippen LogP contribution >= 0.6 is 0 Å². The van der Waals surface area contributed by atoms with Gasteiger partial charge in [0.25, 0.3) is 11.8 Å². The number of nitrogens with zero attached hydrogens (tertiary/aromatic N) is 3. The van der Waals surface area contributed by atoms with E-state index in [0.29, 0.717) is 55.3 Å². The van der Waals surface area contributed by atoms with E-state index in [1.54, 1.807) is 15.9 Å². The van der Waals surface area contributed by atoms with E-state index in [4.69, 9.17) is 9.15 Å². The summed E-state index contributed by atoms with van der Waals surface area (Å²) in [6, 6.07) is 10.1. The number of amides is 2. The molecule has 0 aliphatic carbocycles. The van der Waals surface area contributed by atoms with Crippen molar-refractivity contribution in [1.29, 1.82) is 0 Å². The third-order valence-electron chi connectivity index (χ3n) is 6.07. The summed E-state index contributed by atoms with van der Waals surface area (Å²) in [6.07, 6.45) is 1.28. The van der Waals surface area contributed by atoms with Crippen molar-refractivity contribution in [3.05, 3.63) is 53.3 Å². The minimum atomic E-state index is -0.621. The highest BCUT2D eigenvalue weighted by Gasteiger charge is 2.32. The number of piperazine rings is 1. The lowest BCUT2D eigenvalue weighted by Crippen LogP contribution is -2.52. The predicted octanol–water partition coefficient (Wildman–Crippen LogP) is 3.41. The van der Waals surface area contributed by atoms with Crippen molar-refractivity contribution < 1.29 is 23.1 Å². The number of carbonyl (C=O) groups is 2. The Morgan fingerprint density at radius 1 is 1.06 bits per heavy atom. The average Bonchev–Trinajstić information content (AvgIpc) is 3.48. The summed E-state index contributed by atoms with van der Waals surface area (Å²) < 4.78 is 26.1. The lowest BCUT2D eigenvalue weighted by atomic mass is 10.1. The Kier molecular flexibility index (Phi) is 5.38. The maximum atomic E-state index is 14.9. The first-order valence-electron chi connectivity index (χ1n) is 10.9. The van der Waals surface area contributed by atoms with Crippen LogP contribution < -0.4 is 0 Å². The summed E-state index contributed by atoms with van der Waals surface area (Å²) in [5.74, 6) is -0.710. The second-order valence-corrected chi connectivity index (χ2v) is 8.30. The van der Waals surface area contributed by atoms with Gasteiger partial charge in [-0.3, -0.25) is 9.59 Å². The number of aryl methyl sites for hydroxylation is 1. The Bertz CT molecular complexity index is 1180. The van der Waals surface area contributed by atoms with Gasteiger partial charge in [-0.25, -0.2) is 9.37 Å². The van der Waals surface area contributed by atoms with E-state index in [1.807, 2.05) is 25.1 Å². The molecule has 1 atom stereocenters. The van der Waals surface area contributed by atoms with Gasteiger partial charge in [0, 0.05) is 38.3 Å². The summed E-state index contributed by atoms with van der Waals surface area (Å²) >= 11 is 0. The van der Waals surface area contributed by atoms with Crippen molar-refractivity contribution in [2.24, 2.45) is 0 Å². The van der Waals surface area contributed by atoms with Gasteiger partial charge in [0.2, 0.25) is 5.89 Å². The molecule has 0 saturated carbocycles. The predicted molar refractivity (Wildman–Crippen MR) is 116 cm³/mol. The van der Waals surface area contributed by atoms with Crippen molar-refractivity contribution in [3.63, 3.8) is 0 Å². The minimum Gasteiger partial charge on any atom is -0.436 e. The number of ether oxygens (including phenoxy) is 1. The van der Waals surface area contributed by atoms with Crippen molar-refractivity contribution in [2.75, 3.05) is 32.8 Å². The van der Waals surface area contributed by atoms with Gasteiger partial charge in [-0.05, 0) is 55.7 Å². The van der Waals surface area contributed by atoms with Crippen molar-refractivity contribution in [3.8, 4) is 11.5 Å². The number of halogens is 1. The summed E-state index contributed by atoms with van der Waals surface area (Å²) in [6.45, 7) is 4.15. The zero-order chi connectivity index (χ0) is 22.2. The van der Waals surface area contributed by atoms with Crippen molar-refractivity contribution in [1.82, 2.24) is 14.8 Å². The lowest BCUT2D eigenvalue weighted by Gasteiger charge is -2.35. The molecule has 2 aliphatic heterocycles. The second-order valence-electron chi connectivity index (χ2n) is 8.30. The van der Waals surface area contributed by atoms with Crippen LogP contribution in [0, 0.1) is 12.7 Å². The summed E-state index contributed by atoms with van der Waals surface area (Å²) in [7, 11) is 0. The van der Waals surface area contributed by atoms with Crippen LogP contribution in [0.2, 0.25) is 0 Å². The van der Waals surface area contributed by atoms with Gasteiger partial charge in [0.15, 0.2) is 5.58 Å². The number of oxazole rings is 1. The molecule has 0 bridgehead atoms. The van der Waals surface area contributed by atoms with Crippen molar-refractivity contribution in [2.45, 2.75) is 25.9 Å². The Hall–Kier alpha value is -3.26.